The molecule has 0 bridgehead atoms. The fraction of sp³-hybridized carbons (Fsp3) is 0.400. The summed E-state index contributed by atoms with van der Waals surface area (Å²) in [5.74, 6) is 6.53. The van der Waals surface area contributed by atoms with E-state index in [4.69, 9.17) is 4.42 Å². The van der Waals surface area contributed by atoms with Crippen molar-refractivity contribution in [2.75, 3.05) is 26.2 Å². The zero-order valence-corrected chi connectivity index (χ0v) is 10.9. The van der Waals surface area contributed by atoms with Gasteiger partial charge in [-0.2, -0.15) is 0 Å². The highest BCUT2D eigenvalue weighted by Gasteiger charge is 2.08. The molecular weight excluding hydrogens is 240 g/mol. The van der Waals surface area contributed by atoms with Crippen molar-refractivity contribution in [3.05, 3.63) is 30.2 Å². The monoisotopic (exact) mass is 258 g/mol. The minimum Gasteiger partial charge on any atom is -0.465 e. The molecule has 1 N–H and O–H groups in total. The molecule has 0 saturated carbocycles. The van der Waals surface area contributed by atoms with E-state index in [-0.39, 0.29) is 5.91 Å². The van der Waals surface area contributed by atoms with Crippen LogP contribution >= 0.6 is 0 Å². The van der Waals surface area contributed by atoms with Gasteiger partial charge >= 0.3 is 0 Å². The van der Waals surface area contributed by atoms with Crippen LogP contribution in [-0.2, 0) is 4.79 Å². The number of nitrogens with one attached hydrogen (secondary N) is 1. The SMILES string of the molecule is O=C(/C=C/c1ccco1)NCC#CCN1CCCC1. The van der Waals surface area contributed by atoms with Crippen LogP contribution in [0.25, 0.3) is 6.08 Å². The maximum Gasteiger partial charge on any atom is 0.244 e. The Bertz CT molecular complexity index is 474. The third kappa shape index (κ3) is 5.02. The Morgan fingerprint density at radius 3 is 3.00 bits per heavy atom. The largest absolute Gasteiger partial charge is 0.465 e. The third-order valence-corrected chi connectivity index (χ3v) is 2.92. The lowest BCUT2D eigenvalue weighted by atomic mass is 10.4. The van der Waals surface area contributed by atoms with E-state index in [0.717, 1.165) is 19.6 Å². The number of hydrogen-bond donors (Lipinski definition) is 1. The first-order chi connectivity index (χ1) is 9.34. The van der Waals surface area contributed by atoms with Gasteiger partial charge in [0.25, 0.3) is 0 Å². The predicted octanol–water partition coefficient (Wildman–Crippen LogP) is 1.51. The van der Waals surface area contributed by atoms with Crippen LogP contribution in [0, 0.1) is 11.8 Å². The van der Waals surface area contributed by atoms with Crippen molar-refractivity contribution >= 4 is 12.0 Å². The van der Waals surface area contributed by atoms with E-state index in [1.807, 2.05) is 0 Å². The Hall–Kier alpha value is -1.99. The summed E-state index contributed by atoms with van der Waals surface area (Å²) in [6.45, 7) is 3.48. The van der Waals surface area contributed by atoms with E-state index >= 15 is 0 Å². The summed E-state index contributed by atoms with van der Waals surface area (Å²) < 4.78 is 5.08. The van der Waals surface area contributed by atoms with E-state index in [0.29, 0.717) is 12.3 Å². The summed E-state index contributed by atoms with van der Waals surface area (Å²) in [5.41, 5.74) is 0. The molecule has 0 radical (unpaired) electrons. The molecule has 1 saturated heterocycles. The summed E-state index contributed by atoms with van der Waals surface area (Å²) >= 11 is 0. The van der Waals surface area contributed by atoms with Gasteiger partial charge in [-0.3, -0.25) is 9.69 Å². The van der Waals surface area contributed by atoms with Crippen molar-refractivity contribution in [2.24, 2.45) is 0 Å². The smallest absolute Gasteiger partial charge is 0.244 e. The van der Waals surface area contributed by atoms with Gasteiger partial charge in [0.05, 0.1) is 19.4 Å². The average Bonchev–Trinajstić information content (AvgIpc) is 3.09. The molecule has 19 heavy (non-hydrogen) atoms. The van der Waals surface area contributed by atoms with Gasteiger partial charge in [-0.15, -0.1) is 0 Å². The number of likely N-dealkylation sites (tertiary alicyclic amines) is 1. The standard InChI is InChI=1S/C15H18N2O2/c18-15(8-7-14-6-5-13-19-14)16-9-1-2-10-17-11-3-4-12-17/h5-8,13H,3-4,9-12H2,(H,16,18)/b8-7+. The first-order valence-corrected chi connectivity index (χ1v) is 6.52. The van der Waals surface area contributed by atoms with Gasteiger partial charge in [0.1, 0.15) is 5.76 Å². The van der Waals surface area contributed by atoms with Gasteiger partial charge in [-0.25, -0.2) is 0 Å². The van der Waals surface area contributed by atoms with Crippen molar-refractivity contribution in [1.29, 1.82) is 0 Å². The minimum absolute atomic E-state index is 0.160. The topological polar surface area (TPSA) is 45.5 Å². The van der Waals surface area contributed by atoms with Crippen molar-refractivity contribution in [2.45, 2.75) is 12.8 Å². The molecule has 1 aliphatic rings. The normalized spacial score (nSPS) is 15.4. The van der Waals surface area contributed by atoms with Crippen LogP contribution in [0.4, 0.5) is 0 Å². The molecule has 100 valence electrons. The summed E-state index contributed by atoms with van der Waals surface area (Å²) in [6, 6.07) is 3.57. The quantitative estimate of drug-likeness (QED) is 0.657. The lowest BCUT2D eigenvalue weighted by molar-refractivity contribution is -0.116. The molecule has 1 aromatic rings. The number of rotatable bonds is 4. The van der Waals surface area contributed by atoms with Crippen molar-refractivity contribution in [1.82, 2.24) is 10.2 Å². The van der Waals surface area contributed by atoms with E-state index in [9.17, 15) is 4.79 Å². The van der Waals surface area contributed by atoms with Gasteiger partial charge in [-0.1, -0.05) is 11.8 Å². The summed E-state index contributed by atoms with van der Waals surface area (Å²) in [6.07, 6.45) is 7.20. The van der Waals surface area contributed by atoms with Crippen molar-refractivity contribution in [3.63, 3.8) is 0 Å². The Morgan fingerprint density at radius 1 is 1.42 bits per heavy atom. The van der Waals surface area contributed by atoms with Crippen LogP contribution in [-0.4, -0.2) is 37.0 Å². The average molecular weight is 258 g/mol. The van der Waals surface area contributed by atoms with Crippen LogP contribution in [0.2, 0.25) is 0 Å². The van der Waals surface area contributed by atoms with Crippen LogP contribution < -0.4 is 5.32 Å². The van der Waals surface area contributed by atoms with Crippen molar-refractivity contribution in [3.8, 4) is 11.8 Å². The molecule has 1 amide bonds. The number of carbonyl (C=O) groups is 1. The molecule has 4 heteroatoms. The number of furan rings is 1. The zero-order chi connectivity index (χ0) is 13.3. The second kappa shape index (κ2) is 7.45. The maximum absolute atomic E-state index is 11.4. The molecule has 0 aliphatic carbocycles. The summed E-state index contributed by atoms with van der Waals surface area (Å²) in [5, 5.41) is 2.71. The predicted molar refractivity (Wildman–Crippen MR) is 74.2 cm³/mol. The highest BCUT2D eigenvalue weighted by molar-refractivity contribution is 5.91. The van der Waals surface area contributed by atoms with Gasteiger partial charge in [0.15, 0.2) is 0 Å². The van der Waals surface area contributed by atoms with E-state index in [2.05, 4.69) is 22.1 Å². The molecule has 1 aromatic heterocycles. The Balaban J connectivity index is 1.62. The summed E-state index contributed by atoms with van der Waals surface area (Å²) in [4.78, 5) is 13.8. The highest BCUT2D eigenvalue weighted by atomic mass is 16.3. The van der Waals surface area contributed by atoms with Gasteiger partial charge in [0, 0.05) is 6.08 Å². The van der Waals surface area contributed by atoms with E-state index < -0.39 is 0 Å². The van der Waals surface area contributed by atoms with Crippen LogP contribution in [0.3, 0.4) is 0 Å². The number of nitrogens with zero attached hydrogens (tertiary/aromatic N) is 1. The molecule has 0 aromatic carbocycles. The molecule has 1 aliphatic heterocycles. The first kappa shape index (κ1) is 13.4. The second-order valence-electron chi connectivity index (χ2n) is 4.40. The lowest BCUT2D eigenvalue weighted by Crippen LogP contribution is -2.22. The van der Waals surface area contributed by atoms with Crippen LogP contribution in [0.1, 0.15) is 18.6 Å². The Kier molecular flexibility index (Phi) is 5.27. The molecule has 0 unspecified atom stereocenters. The molecule has 0 atom stereocenters. The number of amides is 1. The molecule has 2 heterocycles. The third-order valence-electron chi connectivity index (χ3n) is 2.92. The molecule has 0 spiro atoms. The Labute approximate surface area is 113 Å². The van der Waals surface area contributed by atoms with Gasteiger partial charge in [-0.05, 0) is 44.1 Å². The lowest BCUT2D eigenvalue weighted by Gasteiger charge is -2.08. The summed E-state index contributed by atoms with van der Waals surface area (Å²) in [7, 11) is 0. The minimum atomic E-state index is -0.160. The first-order valence-electron chi connectivity index (χ1n) is 6.52. The van der Waals surface area contributed by atoms with Gasteiger partial charge < -0.3 is 9.73 Å². The fourth-order valence-corrected chi connectivity index (χ4v) is 1.91. The molecular formula is C15H18N2O2. The maximum atomic E-state index is 11.4. The molecule has 2 rings (SSSR count). The van der Waals surface area contributed by atoms with E-state index in [1.54, 1.807) is 24.5 Å². The highest BCUT2D eigenvalue weighted by Crippen LogP contribution is 2.05. The Morgan fingerprint density at radius 2 is 2.26 bits per heavy atom. The number of carbonyl (C=O) groups excluding carboxylic acids is 1. The molecule has 1 fully saturated rings. The second-order valence-corrected chi connectivity index (χ2v) is 4.40. The van der Waals surface area contributed by atoms with E-state index in [1.165, 1.54) is 18.9 Å². The fourth-order valence-electron chi connectivity index (χ4n) is 1.91. The van der Waals surface area contributed by atoms with Crippen molar-refractivity contribution < 1.29 is 9.21 Å². The number of hydrogen-bond acceptors (Lipinski definition) is 3. The molecule has 4 nitrogen and oxygen atoms in total. The van der Waals surface area contributed by atoms with Crippen LogP contribution in [0.5, 0.6) is 0 Å². The zero-order valence-electron chi connectivity index (χ0n) is 10.9. The van der Waals surface area contributed by atoms with Crippen LogP contribution in [0.15, 0.2) is 28.9 Å². The van der Waals surface area contributed by atoms with Gasteiger partial charge in [0.2, 0.25) is 5.91 Å².